The highest BCUT2D eigenvalue weighted by Crippen LogP contribution is 2.18. The summed E-state index contributed by atoms with van der Waals surface area (Å²) >= 11 is -0.0415. The van der Waals surface area contributed by atoms with E-state index in [1.807, 2.05) is 0 Å². The Morgan fingerprint density at radius 2 is 1.88 bits per heavy atom. The first-order chi connectivity index (χ1) is 3.56. The molecular weight excluding hydrogens is 141 g/mol. The van der Waals surface area contributed by atoms with Crippen molar-refractivity contribution in [1.82, 2.24) is 0 Å². The van der Waals surface area contributed by atoms with Crippen molar-refractivity contribution < 1.29 is 17.4 Å². The summed E-state index contributed by atoms with van der Waals surface area (Å²) in [6.07, 6.45) is -5.15. The van der Waals surface area contributed by atoms with E-state index in [2.05, 4.69) is 0 Å². The predicted molar refractivity (Wildman–Crippen MR) is 23.6 cm³/mol. The van der Waals surface area contributed by atoms with Crippen LogP contribution >= 0.6 is 0 Å². The zero-order chi connectivity index (χ0) is 6.62. The summed E-state index contributed by atoms with van der Waals surface area (Å²) in [6.45, 7) is 0. The van der Waals surface area contributed by atoms with Crippen LogP contribution in [-0.2, 0) is 15.9 Å². The Labute approximate surface area is 48.4 Å². The second-order valence-electron chi connectivity index (χ2n) is 1.19. The lowest BCUT2D eigenvalue weighted by molar-refractivity contribution is -0.129. The van der Waals surface area contributed by atoms with Crippen LogP contribution in [0.3, 0.4) is 0 Å². The van der Waals surface area contributed by atoms with Gasteiger partial charge in [-0.05, 0) is 0 Å². The molecule has 0 spiro atoms. The van der Waals surface area contributed by atoms with E-state index < -0.39 is 12.6 Å². The van der Waals surface area contributed by atoms with Crippen LogP contribution in [-0.4, -0.2) is 11.9 Å². The van der Waals surface area contributed by atoms with Gasteiger partial charge in [0.2, 0.25) is 5.75 Å². The van der Waals surface area contributed by atoms with Gasteiger partial charge >= 0.3 is 17.8 Å². The van der Waals surface area contributed by atoms with E-state index in [0.29, 0.717) is 0 Å². The first-order valence-electron chi connectivity index (χ1n) is 1.88. The number of hydrogen-bond acceptors (Lipinski definition) is 1. The topological polar surface area (TPSA) is 17.1 Å². The molecule has 0 unspecified atom stereocenters. The lowest BCUT2D eigenvalue weighted by Crippen LogP contribution is -2.08. The van der Waals surface area contributed by atoms with Gasteiger partial charge in [0.15, 0.2) is 0 Å². The van der Waals surface area contributed by atoms with Gasteiger partial charge in [-0.3, -0.25) is 0 Å². The fourth-order valence-corrected chi connectivity index (χ4v) is 0.472. The SMILES string of the molecule is O=[S+]CCC(F)(F)F. The first kappa shape index (κ1) is 7.81. The Bertz CT molecular complexity index is 79.1. The van der Waals surface area contributed by atoms with E-state index in [4.69, 9.17) is 0 Å². The maximum Gasteiger partial charge on any atom is 0.459 e. The minimum absolute atomic E-state index is 0.0415. The molecule has 0 aromatic rings. The summed E-state index contributed by atoms with van der Waals surface area (Å²) in [5, 5.41) is 0. The van der Waals surface area contributed by atoms with Crippen LogP contribution in [0.2, 0.25) is 0 Å². The summed E-state index contributed by atoms with van der Waals surface area (Å²) < 4.78 is 42.7. The van der Waals surface area contributed by atoms with E-state index in [-0.39, 0.29) is 17.4 Å². The van der Waals surface area contributed by atoms with Crippen molar-refractivity contribution in [2.75, 3.05) is 5.75 Å². The highest BCUT2D eigenvalue weighted by molar-refractivity contribution is 7.65. The Balaban J connectivity index is 3.24. The third kappa shape index (κ3) is 5.81. The quantitative estimate of drug-likeness (QED) is 0.536. The van der Waals surface area contributed by atoms with Gasteiger partial charge in [-0.2, -0.15) is 13.2 Å². The minimum Gasteiger partial charge on any atom is -0.171 e. The van der Waals surface area contributed by atoms with Crippen molar-refractivity contribution in [1.29, 1.82) is 0 Å². The molecule has 0 aliphatic rings. The molecule has 8 heavy (non-hydrogen) atoms. The third-order valence-corrected chi connectivity index (χ3v) is 0.840. The highest BCUT2D eigenvalue weighted by atomic mass is 32.1. The molecule has 5 heteroatoms. The molecule has 0 N–H and O–H groups in total. The summed E-state index contributed by atoms with van der Waals surface area (Å²) in [6, 6.07) is 0. The zero-order valence-electron chi connectivity index (χ0n) is 3.86. The molecule has 0 radical (unpaired) electrons. The molecule has 0 saturated heterocycles. The van der Waals surface area contributed by atoms with Gasteiger partial charge < -0.3 is 0 Å². The normalized spacial score (nSPS) is 11.4. The molecule has 0 rings (SSSR count). The Morgan fingerprint density at radius 3 is 2.00 bits per heavy atom. The van der Waals surface area contributed by atoms with E-state index in [1.165, 1.54) is 0 Å². The van der Waals surface area contributed by atoms with Gasteiger partial charge in [0, 0.05) is 4.21 Å². The molecule has 0 heterocycles. The Morgan fingerprint density at radius 1 is 1.38 bits per heavy atom. The molecule has 0 fully saturated rings. The monoisotopic (exact) mass is 145 g/mol. The molecule has 0 aliphatic heterocycles. The van der Waals surface area contributed by atoms with Crippen LogP contribution in [0.1, 0.15) is 6.42 Å². The van der Waals surface area contributed by atoms with Crippen molar-refractivity contribution in [3.63, 3.8) is 0 Å². The van der Waals surface area contributed by atoms with Crippen LogP contribution < -0.4 is 0 Å². The number of hydrogen-bond donors (Lipinski definition) is 0. The number of rotatable bonds is 2. The third-order valence-electron chi connectivity index (χ3n) is 0.469. The smallest absolute Gasteiger partial charge is 0.171 e. The minimum atomic E-state index is -4.17. The van der Waals surface area contributed by atoms with E-state index in [9.17, 15) is 17.4 Å². The van der Waals surface area contributed by atoms with Gasteiger partial charge in [0.1, 0.15) is 6.42 Å². The van der Waals surface area contributed by atoms with E-state index in [1.54, 1.807) is 0 Å². The van der Waals surface area contributed by atoms with Crippen molar-refractivity contribution in [2.45, 2.75) is 12.6 Å². The van der Waals surface area contributed by atoms with Gasteiger partial charge in [-0.25, -0.2) is 0 Å². The molecule has 0 aliphatic carbocycles. The molecule has 0 saturated carbocycles. The molecule has 1 nitrogen and oxygen atoms in total. The maximum atomic E-state index is 11.1. The average Bonchev–Trinajstić information content (AvgIpc) is 1.59. The summed E-state index contributed by atoms with van der Waals surface area (Å²) in [5.41, 5.74) is 0. The molecule has 0 bridgehead atoms. The first-order valence-corrected chi connectivity index (χ1v) is 2.79. The van der Waals surface area contributed by atoms with Crippen molar-refractivity contribution in [3.8, 4) is 0 Å². The van der Waals surface area contributed by atoms with Gasteiger partial charge in [-0.15, -0.1) is 0 Å². The van der Waals surface area contributed by atoms with Gasteiger partial charge in [0.05, 0.1) is 0 Å². The Hall–Kier alpha value is -0.190. The van der Waals surface area contributed by atoms with Gasteiger partial charge in [0.25, 0.3) is 0 Å². The maximum absolute atomic E-state index is 11.1. The lowest BCUT2D eigenvalue weighted by atomic mass is 10.5. The van der Waals surface area contributed by atoms with Crippen molar-refractivity contribution in [3.05, 3.63) is 0 Å². The van der Waals surface area contributed by atoms with Crippen LogP contribution in [0.5, 0.6) is 0 Å². The largest absolute Gasteiger partial charge is 0.459 e. The molecule has 0 aromatic carbocycles. The standard InChI is InChI=1S/C3H4F3OS/c4-3(5,6)1-2-8-7/h1-2H2/q+1. The van der Waals surface area contributed by atoms with E-state index in [0.717, 1.165) is 0 Å². The molecule has 0 amide bonds. The second kappa shape index (κ2) is 2.96. The summed E-state index contributed by atoms with van der Waals surface area (Å²) in [7, 11) is 0. The zero-order valence-corrected chi connectivity index (χ0v) is 4.68. The average molecular weight is 145 g/mol. The van der Waals surface area contributed by atoms with Crippen LogP contribution in [0.25, 0.3) is 0 Å². The molecule has 0 aromatic heterocycles. The summed E-state index contributed by atoms with van der Waals surface area (Å²) in [5.74, 6) is -0.385. The second-order valence-corrected chi connectivity index (χ2v) is 1.83. The fraction of sp³-hybridized carbons (Fsp3) is 1.00. The van der Waals surface area contributed by atoms with E-state index >= 15 is 0 Å². The fourth-order valence-electron chi connectivity index (χ4n) is 0.157. The molecule has 0 atom stereocenters. The molecular formula is C3H4F3OS+. The molecule has 48 valence electrons. The van der Waals surface area contributed by atoms with Crippen molar-refractivity contribution >= 4 is 11.7 Å². The van der Waals surface area contributed by atoms with Crippen LogP contribution in [0, 0.1) is 0 Å². The van der Waals surface area contributed by atoms with Gasteiger partial charge in [-0.1, -0.05) is 0 Å². The lowest BCUT2D eigenvalue weighted by Gasteiger charge is -1.96. The predicted octanol–water partition coefficient (Wildman–Crippen LogP) is 1.37. The highest BCUT2D eigenvalue weighted by Gasteiger charge is 2.29. The number of halogens is 3. The Kier molecular flexibility index (Phi) is 2.89. The van der Waals surface area contributed by atoms with Crippen molar-refractivity contribution in [2.24, 2.45) is 0 Å². The van der Waals surface area contributed by atoms with Crippen LogP contribution in [0.4, 0.5) is 13.2 Å². The van der Waals surface area contributed by atoms with Crippen LogP contribution in [0.15, 0.2) is 0 Å². The summed E-state index contributed by atoms with van der Waals surface area (Å²) in [4.78, 5) is 0. The number of alkyl halides is 3.